The summed E-state index contributed by atoms with van der Waals surface area (Å²) in [6.07, 6.45) is 0.473. The molecule has 0 fully saturated rings. The van der Waals surface area contributed by atoms with Gasteiger partial charge in [0.15, 0.2) is 0 Å². The number of esters is 1. The number of carbonyl (C=O) groups excluding carboxylic acids is 2. The zero-order chi connectivity index (χ0) is 17.8. The van der Waals surface area contributed by atoms with Crippen LogP contribution in [0.4, 0.5) is 0 Å². The number of fused-ring (bicyclic) bond motifs is 5. The highest BCUT2D eigenvalue weighted by atomic mass is 35.5. The van der Waals surface area contributed by atoms with Gasteiger partial charge in [0, 0.05) is 17.6 Å². The first-order valence-electron chi connectivity index (χ1n) is 8.33. The lowest BCUT2D eigenvalue weighted by Gasteiger charge is -2.44. The topological polar surface area (TPSA) is 46.6 Å². The predicted octanol–water partition coefficient (Wildman–Crippen LogP) is 3.52. The average Bonchev–Trinajstić information content (AvgIpc) is 2.95. The number of ether oxygens (including phenoxy) is 1. The Morgan fingerprint density at radius 1 is 1.32 bits per heavy atom. The van der Waals surface area contributed by atoms with Gasteiger partial charge in [0.05, 0.1) is 12.6 Å². The molecule has 128 valence electrons. The second-order valence-corrected chi connectivity index (χ2v) is 7.01. The largest absolute Gasteiger partial charge is 0.465 e. The van der Waals surface area contributed by atoms with Crippen molar-refractivity contribution < 1.29 is 14.3 Å². The Morgan fingerprint density at radius 3 is 2.84 bits per heavy atom. The maximum Gasteiger partial charge on any atom is 0.319 e. The Labute approximate surface area is 151 Å². The van der Waals surface area contributed by atoms with E-state index in [0.29, 0.717) is 23.6 Å². The van der Waals surface area contributed by atoms with Crippen molar-refractivity contribution in [3.05, 3.63) is 69.7 Å². The molecule has 0 bridgehead atoms. The van der Waals surface area contributed by atoms with Gasteiger partial charge in [0.1, 0.15) is 5.41 Å². The average molecular weight is 356 g/mol. The zero-order valence-corrected chi connectivity index (χ0v) is 14.8. The van der Waals surface area contributed by atoms with Gasteiger partial charge in [-0.2, -0.15) is 0 Å². The van der Waals surface area contributed by atoms with Crippen LogP contribution in [0, 0.1) is 0 Å². The molecule has 1 amide bonds. The van der Waals surface area contributed by atoms with Gasteiger partial charge in [-0.05, 0) is 48.2 Å². The lowest BCUT2D eigenvalue weighted by molar-refractivity contribution is -0.152. The van der Waals surface area contributed by atoms with E-state index in [-0.39, 0.29) is 17.9 Å². The minimum Gasteiger partial charge on any atom is -0.465 e. The Kier molecular flexibility index (Phi) is 3.62. The molecule has 5 heteroatoms. The van der Waals surface area contributed by atoms with Gasteiger partial charge in [-0.3, -0.25) is 9.59 Å². The van der Waals surface area contributed by atoms with Crippen molar-refractivity contribution in [3.63, 3.8) is 0 Å². The van der Waals surface area contributed by atoms with Crippen molar-refractivity contribution in [3.8, 4) is 0 Å². The molecular formula is C20H18ClNO3. The first-order valence-corrected chi connectivity index (χ1v) is 8.70. The van der Waals surface area contributed by atoms with Crippen LogP contribution in [-0.2, 0) is 21.4 Å². The Hall–Kier alpha value is -2.33. The third kappa shape index (κ3) is 2.07. The fraction of sp³-hybridized carbons (Fsp3) is 0.300. The number of nitrogens with zero attached hydrogens (tertiary/aromatic N) is 1. The SMILES string of the molecule is CCOC(=O)[C@]12Cc3cc(Cl)ccc3[C@H]1N(C)C(=O)c1ccccc12. The molecule has 0 spiro atoms. The van der Waals surface area contributed by atoms with Gasteiger partial charge in [-0.15, -0.1) is 0 Å². The van der Waals surface area contributed by atoms with E-state index in [0.717, 1.165) is 16.7 Å². The van der Waals surface area contributed by atoms with E-state index >= 15 is 0 Å². The number of amides is 1. The summed E-state index contributed by atoms with van der Waals surface area (Å²) in [5.74, 6) is -0.373. The molecule has 1 aliphatic carbocycles. The van der Waals surface area contributed by atoms with Crippen LogP contribution in [0.3, 0.4) is 0 Å². The minimum absolute atomic E-state index is 0.0803. The van der Waals surface area contributed by atoms with Crippen LogP contribution in [0.25, 0.3) is 0 Å². The molecule has 1 aliphatic heterocycles. The molecule has 0 saturated heterocycles. The number of hydrogen-bond donors (Lipinski definition) is 0. The Bertz CT molecular complexity index is 894. The number of rotatable bonds is 2. The highest BCUT2D eigenvalue weighted by Crippen LogP contribution is 2.55. The van der Waals surface area contributed by atoms with Gasteiger partial charge in [-0.25, -0.2) is 0 Å². The summed E-state index contributed by atoms with van der Waals surface area (Å²) in [5, 5.41) is 0.624. The van der Waals surface area contributed by atoms with Crippen molar-refractivity contribution in [2.75, 3.05) is 13.7 Å². The fourth-order valence-electron chi connectivity index (χ4n) is 4.36. The first kappa shape index (κ1) is 16.2. The van der Waals surface area contributed by atoms with Gasteiger partial charge >= 0.3 is 5.97 Å². The summed E-state index contributed by atoms with van der Waals surface area (Å²) >= 11 is 6.18. The summed E-state index contributed by atoms with van der Waals surface area (Å²) in [4.78, 5) is 27.7. The van der Waals surface area contributed by atoms with Crippen LogP contribution in [-0.4, -0.2) is 30.4 Å². The van der Waals surface area contributed by atoms with Crippen LogP contribution in [0.15, 0.2) is 42.5 Å². The number of hydrogen-bond acceptors (Lipinski definition) is 3. The smallest absolute Gasteiger partial charge is 0.319 e. The van der Waals surface area contributed by atoms with E-state index in [1.807, 2.05) is 30.3 Å². The van der Waals surface area contributed by atoms with E-state index in [1.54, 1.807) is 31.0 Å². The van der Waals surface area contributed by atoms with Gasteiger partial charge in [0.2, 0.25) is 0 Å². The Balaban J connectivity index is 2.02. The molecule has 2 aliphatic rings. The van der Waals surface area contributed by atoms with Crippen molar-refractivity contribution >= 4 is 23.5 Å². The Morgan fingerprint density at radius 2 is 2.08 bits per heavy atom. The van der Waals surface area contributed by atoms with Gasteiger partial charge in [0.25, 0.3) is 5.91 Å². The number of likely N-dealkylation sites (N-methyl/N-ethyl adjacent to an activating group) is 1. The quantitative estimate of drug-likeness (QED) is 0.774. The standard InChI is InChI=1S/C20H18ClNO3/c1-3-25-19(24)20-11-12-10-13(21)8-9-14(12)17(20)22(2)18(23)15-6-4-5-7-16(15)20/h4-10,17H,3,11H2,1-2H3/t17-,20+/m1/s1. The van der Waals surface area contributed by atoms with Crippen molar-refractivity contribution in [2.45, 2.75) is 24.8 Å². The molecule has 0 N–H and O–H groups in total. The van der Waals surface area contributed by atoms with Crippen LogP contribution < -0.4 is 0 Å². The summed E-state index contributed by atoms with van der Waals surface area (Å²) in [6, 6.07) is 12.6. The molecule has 2 aromatic carbocycles. The molecule has 1 heterocycles. The van der Waals surface area contributed by atoms with Crippen LogP contribution in [0.5, 0.6) is 0 Å². The molecular weight excluding hydrogens is 338 g/mol. The molecule has 2 aromatic rings. The molecule has 0 radical (unpaired) electrons. The predicted molar refractivity (Wildman–Crippen MR) is 94.7 cm³/mol. The molecule has 2 atom stereocenters. The molecule has 0 saturated carbocycles. The fourth-order valence-corrected chi connectivity index (χ4v) is 4.55. The first-order chi connectivity index (χ1) is 12.0. The van der Waals surface area contributed by atoms with E-state index < -0.39 is 5.41 Å². The summed E-state index contributed by atoms with van der Waals surface area (Å²) < 4.78 is 5.48. The highest BCUT2D eigenvalue weighted by molar-refractivity contribution is 6.30. The lowest BCUT2D eigenvalue weighted by atomic mass is 9.69. The third-order valence-corrected chi connectivity index (χ3v) is 5.56. The summed E-state index contributed by atoms with van der Waals surface area (Å²) in [6.45, 7) is 2.09. The molecule has 0 unspecified atom stereocenters. The summed E-state index contributed by atoms with van der Waals surface area (Å²) in [7, 11) is 1.75. The third-order valence-electron chi connectivity index (χ3n) is 5.32. The molecule has 25 heavy (non-hydrogen) atoms. The lowest BCUT2D eigenvalue weighted by Crippen LogP contribution is -2.53. The maximum atomic E-state index is 13.2. The summed E-state index contributed by atoms with van der Waals surface area (Å²) in [5.41, 5.74) is 2.33. The normalized spacial score (nSPS) is 23.7. The van der Waals surface area contributed by atoms with Crippen LogP contribution >= 0.6 is 11.6 Å². The number of carbonyl (C=O) groups is 2. The van der Waals surface area contributed by atoms with E-state index in [1.165, 1.54) is 0 Å². The zero-order valence-electron chi connectivity index (χ0n) is 14.1. The molecule has 4 nitrogen and oxygen atoms in total. The second-order valence-electron chi connectivity index (χ2n) is 6.58. The van der Waals surface area contributed by atoms with Crippen LogP contribution in [0.1, 0.15) is 40.0 Å². The van der Waals surface area contributed by atoms with Crippen molar-refractivity contribution in [1.82, 2.24) is 4.90 Å². The van der Waals surface area contributed by atoms with Crippen molar-refractivity contribution in [1.29, 1.82) is 0 Å². The molecule has 0 aromatic heterocycles. The van der Waals surface area contributed by atoms with E-state index in [9.17, 15) is 9.59 Å². The van der Waals surface area contributed by atoms with Crippen molar-refractivity contribution in [2.24, 2.45) is 0 Å². The van der Waals surface area contributed by atoms with E-state index in [4.69, 9.17) is 16.3 Å². The van der Waals surface area contributed by atoms with E-state index in [2.05, 4.69) is 0 Å². The van der Waals surface area contributed by atoms with Gasteiger partial charge < -0.3 is 9.64 Å². The van der Waals surface area contributed by atoms with Gasteiger partial charge in [-0.1, -0.05) is 35.9 Å². The monoisotopic (exact) mass is 355 g/mol. The number of benzene rings is 2. The second kappa shape index (κ2) is 5.60. The number of halogens is 1. The highest BCUT2D eigenvalue weighted by Gasteiger charge is 2.60. The minimum atomic E-state index is -0.928. The maximum absolute atomic E-state index is 13.2. The molecule has 4 rings (SSSR count). The van der Waals surface area contributed by atoms with Crippen LogP contribution in [0.2, 0.25) is 5.02 Å².